The van der Waals surface area contributed by atoms with Crippen LogP contribution in [-0.2, 0) is 4.43 Å². The lowest BCUT2D eigenvalue weighted by Gasteiger charge is -2.45. The first kappa shape index (κ1) is 17.7. The molecule has 22 heavy (non-hydrogen) atoms. The summed E-state index contributed by atoms with van der Waals surface area (Å²) in [6.07, 6.45) is 3.62. The molecule has 0 heterocycles. The Hall–Kier alpha value is -0.643. The van der Waals surface area contributed by atoms with Gasteiger partial charge in [0.15, 0.2) is 8.32 Å². The number of benzene rings is 1. The van der Waals surface area contributed by atoms with E-state index in [9.17, 15) is 5.11 Å². The molecule has 1 unspecified atom stereocenters. The van der Waals surface area contributed by atoms with Crippen molar-refractivity contribution in [1.29, 1.82) is 0 Å². The molecule has 1 aromatic carbocycles. The minimum atomic E-state index is -1.79. The van der Waals surface area contributed by atoms with Crippen molar-refractivity contribution in [1.82, 2.24) is 0 Å². The van der Waals surface area contributed by atoms with Crippen molar-refractivity contribution < 1.29 is 9.53 Å². The van der Waals surface area contributed by atoms with E-state index in [4.69, 9.17) is 4.43 Å². The zero-order valence-electron chi connectivity index (χ0n) is 14.8. The van der Waals surface area contributed by atoms with Gasteiger partial charge < -0.3 is 9.53 Å². The third-order valence-electron chi connectivity index (χ3n) is 5.64. The number of aliphatic hydroxyl groups excluding tert-OH is 1. The van der Waals surface area contributed by atoms with Crippen LogP contribution < -0.4 is 0 Å². The van der Waals surface area contributed by atoms with E-state index in [1.165, 1.54) is 5.56 Å². The van der Waals surface area contributed by atoms with Gasteiger partial charge in [-0.1, -0.05) is 57.5 Å². The molecule has 0 aliphatic heterocycles. The van der Waals surface area contributed by atoms with E-state index in [1.54, 1.807) is 0 Å². The largest absolute Gasteiger partial charge is 0.413 e. The second kappa shape index (κ2) is 6.86. The third-order valence-corrected chi connectivity index (χ3v) is 10.1. The summed E-state index contributed by atoms with van der Waals surface area (Å²) in [5, 5.41) is 10.1. The highest BCUT2D eigenvalue weighted by molar-refractivity contribution is 6.74. The maximum Gasteiger partial charge on any atom is 0.192 e. The standard InChI is InChI=1S/C19H32O2Si/c1-19(2,3)22(4,5)21-17-13-9-12-16(14-20)18(17)15-10-7-6-8-11-15/h6-8,10-11,16-18,20H,9,12-14H2,1-5H3/t16?,17-,18-/m0/s1. The first-order chi connectivity index (χ1) is 10.3. The molecule has 1 fully saturated rings. The Balaban J connectivity index is 2.27. The van der Waals surface area contributed by atoms with E-state index in [-0.39, 0.29) is 17.7 Å². The Morgan fingerprint density at radius 3 is 2.32 bits per heavy atom. The first-order valence-electron chi connectivity index (χ1n) is 8.60. The summed E-state index contributed by atoms with van der Waals surface area (Å²) in [6.45, 7) is 11.8. The quantitative estimate of drug-likeness (QED) is 0.795. The Morgan fingerprint density at radius 1 is 1.14 bits per heavy atom. The molecule has 3 heteroatoms. The van der Waals surface area contributed by atoms with Crippen LogP contribution in [0.4, 0.5) is 0 Å². The SMILES string of the molecule is CC(C)(C)[Si](C)(C)O[C@H]1CCCC(CO)[C@@H]1c1ccccc1. The number of rotatable bonds is 4. The van der Waals surface area contributed by atoms with Crippen molar-refractivity contribution in [2.24, 2.45) is 5.92 Å². The van der Waals surface area contributed by atoms with E-state index >= 15 is 0 Å². The number of hydrogen-bond donors (Lipinski definition) is 1. The molecule has 0 aromatic heterocycles. The van der Waals surface area contributed by atoms with Gasteiger partial charge in [0.1, 0.15) is 0 Å². The summed E-state index contributed by atoms with van der Waals surface area (Å²) in [4.78, 5) is 0. The van der Waals surface area contributed by atoms with Gasteiger partial charge in [-0.2, -0.15) is 0 Å². The van der Waals surface area contributed by atoms with Gasteiger partial charge >= 0.3 is 0 Å². The van der Waals surface area contributed by atoms with Crippen LogP contribution in [0.25, 0.3) is 0 Å². The van der Waals surface area contributed by atoms with Gasteiger partial charge in [0, 0.05) is 12.5 Å². The summed E-state index contributed by atoms with van der Waals surface area (Å²) in [5.74, 6) is 0.653. The van der Waals surface area contributed by atoms with Gasteiger partial charge in [-0.25, -0.2) is 0 Å². The van der Waals surface area contributed by atoms with Crippen molar-refractivity contribution in [2.75, 3.05) is 6.61 Å². The Bertz CT molecular complexity index is 464. The highest BCUT2D eigenvalue weighted by atomic mass is 28.4. The molecule has 0 bridgehead atoms. The van der Waals surface area contributed by atoms with Gasteiger partial charge in [0.2, 0.25) is 0 Å². The molecule has 3 atom stereocenters. The van der Waals surface area contributed by atoms with Crippen LogP contribution in [0.15, 0.2) is 30.3 Å². The van der Waals surface area contributed by atoms with Crippen LogP contribution in [0, 0.1) is 5.92 Å². The molecular formula is C19H32O2Si. The molecule has 1 aliphatic rings. The topological polar surface area (TPSA) is 29.5 Å². The average molecular weight is 321 g/mol. The van der Waals surface area contributed by atoms with E-state index < -0.39 is 8.32 Å². The lowest BCUT2D eigenvalue weighted by Crippen LogP contribution is -2.47. The zero-order chi connectivity index (χ0) is 16.4. The molecular weight excluding hydrogens is 288 g/mol. The number of hydrogen-bond acceptors (Lipinski definition) is 2. The van der Waals surface area contributed by atoms with Crippen molar-refractivity contribution in [3.63, 3.8) is 0 Å². The predicted octanol–water partition coefficient (Wildman–Crippen LogP) is 4.95. The van der Waals surface area contributed by atoms with Crippen molar-refractivity contribution in [2.45, 2.75) is 70.2 Å². The van der Waals surface area contributed by atoms with Crippen LogP contribution >= 0.6 is 0 Å². The van der Waals surface area contributed by atoms with Crippen LogP contribution in [0.3, 0.4) is 0 Å². The fourth-order valence-electron chi connectivity index (χ4n) is 3.30. The second-order valence-electron chi connectivity index (χ2n) is 8.23. The van der Waals surface area contributed by atoms with E-state index in [2.05, 4.69) is 64.2 Å². The minimum absolute atomic E-state index is 0.223. The van der Waals surface area contributed by atoms with Crippen LogP contribution in [-0.4, -0.2) is 26.1 Å². The van der Waals surface area contributed by atoms with E-state index in [1.807, 2.05) is 0 Å². The van der Waals surface area contributed by atoms with Crippen LogP contribution in [0.1, 0.15) is 51.5 Å². The van der Waals surface area contributed by atoms with Crippen LogP contribution in [0.5, 0.6) is 0 Å². The van der Waals surface area contributed by atoms with E-state index in [0.717, 1.165) is 19.3 Å². The molecule has 2 rings (SSSR count). The molecule has 1 aromatic rings. The fraction of sp³-hybridized carbons (Fsp3) is 0.684. The van der Waals surface area contributed by atoms with Gasteiger partial charge in [0.25, 0.3) is 0 Å². The van der Waals surface area contributed by atoms with E-state index in [0.29, 0.717) is 11.8 Å². The van der Waals surface area contributed by atoms with Crippen molar-refractivity contribution in [3.05, 3.63) is 35.9 Å². The molecule has 0 radical (unpaired) electrons. The summed E-state index contributed by atoms with van der Waals surface area (Å²) >= 11 is 0. The molecule has 1 aliphatic carbocycles. The smallest absolute Gasteiger partial charge is 0.192 e. The zero-order valence-corrected chi connectivity index (χ0v) is 15.8. The Labute approximate surface area is 137 Å². The Kier molecular flexibility index (Phi) is 5.52. The fourth-order valence-corrected chi connectivity index (χ4v) is 4.67. The normalized spacial score (nSPS) is 26.9. The molecule has 0 saturated heterocycles. The van der Waals surface area contributed by atoms with Gasteiger partial charge in [-0.3, -0.25) is 0 Å². The molecule has 124 valence electrons. The molecule has 0 amide bonds. The average Bonchev–Trinajstić information content (AvgIpc) is 2.46. The summed E-state index contributed by atoms with van der Waals surface area (Å²) < 4.78 is 6.77. The maximum atomic E-state index is 9.85. The molecule has 2 nitrogen and oxygen atoms in total. The van der Waals surface area contributed by atoms with Crippen molar-refractivity contribution >= 4 is 8.32 Å². The lowest BCUT2D eigenvalue weighted by atomic mass is 9.74. The number of aliphatic hydroxyl groups is 1. The Morgan fingerprint density at radius 2 is 1.77 bits per heavy atom. The molecule has 0 spiro atoms. The summed E-state index contributed by atoms with van der Waals surface area (Å²) in [6, 6.07) is 10.6. The van der Waals surface area contributed by atoms with Crippen molar-refractivity contribution in [3.8, 4) is 0 Å². The molecule has 1 N–H and O–H groups in total. The van der Waals surface area contributed by atoms with Crippen LogP contribution in [0.2, 0.25) is 18.1 Å². The summed E-state index contributed by atoms with van der Waals surface area (Å²) in [5.41, 5.74) is 1.32. The predicted molar refractivity (Wildman–Crippen MR) is 95.7 cm³/mol. The summed E-state index contributed by atoms with van der Waals surface area (Å²) in [7, 11) is -1.79. The third kappa shape index (κ3) is 3.81. The van der Waals surface area contributed by atoms with Gasteiger partial charge in [-0.15, -0.1) is 0 Å². The molecule has 1 saturated carbocycles. The first-order valence-corrected chi connectivity index (χ1v) is 11.5. The highest BCUT2D eigenvalue weighted by Gasteiger charge is 2.43. The minimum Gasteiger partial charge on any atom is -0.413 e. The van der Waals surface area contributed by atoms with Gasteiger partial charge in [-0.05, 0) is 42.5 Å². The second-order valence-corrected chi connectivity index (χ2v) is 13.0. The van der Waals surface area contributed by atoms with Gasteiger partial charge in [0.05, 0.1) is 6.10 Å². The monoisotopic (exact) mass is 320 g/mol. The highest BCUT2D eigenvalue weighted by Crippen LogP contribution is 2.44. The lowest BCUT2D eigenvalue weighted by molar-refractivity contribution is 0.0566. The maximum absolute atomic E-state index is 9.85.